The van der Waals surface area contributed by atoms with Gasteiger partial charge < -0.3 is 19.9 Å². The maximum atomic E-state index is 13.4. The van der Waals surface area contributed by atoms with Crippen molar-refractivity contribution in [3.63, 3.8) is 0 Å². The molecule has 4 atom stereocenters. The van der Waals surface area contributed by atoms with E-state index >= 15 is 0 Å². The Kier molecular flexibility index (Phi) is 6.00. The van der Waals surface area contributed by atoms with Gasteiger partial charge in [0.15, 0.2) is 0 Å². The van der Waals surface area contributed by atoms with Crippen molar-refractivity contribution < 1.29 is 61.4 Å². The van der Waals surface area contributed by atoms with Gasteiger partial charge in [0.05, 0.1) is 31.1 Å². The van der Waals surface area contributed by atoms with E-state index in [0.29, 0.717) is 0 Å². The van der Waals surface area contributed by atoms with Gasteiger partial charge in [-0.3, -0.25) is 14.4 Å². The summed E-state index contributed by atoms with van der Waals surface area (Å²) in [5.41, 5.74) is 0. The topological polar surface area (TPSA) is 184 Å². The molecule has 6 aliphatic rings. The highest BCUT2D eigenvalue weighted by Crippen LogP contribution is 3.00. The summed E-state index contributed by atoms with van der Waals surface area (Å²) in [7, 11) is -8.81. The summed E-state index contributed by atoms with van der Waals surface area (Å²) in [5.74, 6) is -7.19. The lowest BCUT2D eigenvalue weighted by Gasteiger charge is -2.52. The molecule has 0 amide bonds. The first-order valence-electron chi connectivity index (χ1n) is 9.46. The zero-order valence-electron chi connectivity index (χ0n) is 16.6. The van der Waals surface area contributed by atoms with Crippen LogP contribution in [0.4, 0.5) is 0 Å². The molecule has 0 spiro atoms. The first-order valence-corrected chi connectivity index (χ1v) is 15.2. The van der Waals surface area contributed by atoms with Gasteiger partial charge in [0.1, 0.15) is 0 Å². The molecule has 4 bridgehead atoms. The molecule has 13 nitrogen and oxygen atoms in total. The zero-order chi connectivity index (χ0) is 22.8. The van der Waals surface area contributed by atoms with Crippen LogP contribution in [0.5, 0.6) is 0 Å². The Hall–Kier alpha value is -0.740. The van der Waals surface area contributed by atoms with Gasteiger partial charge in [-0.05, 0) is 19.5 Å². The number of hydrogen-bond acceptors (Lipinski definition) is 10. The fourth-order valence-electron chi connectivity index (χ4n) is 3.87. The molecule has 4 unspecified atom stereocenters. The van der Waals surface area contributed by atoms with Crippen molar-refractivity contribution in [1.82, 2.24) is 0 Å². The van der Waals surface area contributed by atoms with E-state index in [2.05, 4.69) is 0 Å². The van der Waals surface area contributed by atoms with Crippen molar-refractivity contribution in [3.8, 4) is 0 Å². The van der Waals surface area contributed by atoms with Crippen LogP contribution in [0.25, 0.3) is 0 Å². The van der Waals surface area contributed by atoms with Crippen molar-refractivity contribution in [2.24, 2.45) is 17.8 Å². The van der Waals surface area contributed by atoms with Crippen LogP contribution in [0, 0.1) is 17.8 Å². The first-order chi connectivity index (χ1) is 14.3. The number of aliphatic carboxylic acids is 3. The second-order valence-electron chi connectivity index (χ2n) is 8.21. The van der Waals surface area contributed by atoms with Crippen LogP contribution in [-0.4, -0.2) is 70.6 Å². The summed E-state index contributed by atoms with van der Waals surface area (Å²) in [6.45, 7) is 1.24. The average Bonchev–Trinajstić information content (AvgIpc) is 2.45. The van der Waals surface area contributed by atoms with Gasteiger partial charge in [-0.2, -0.15) is 0 Å². The van der Waals surface area contributed by atoms with Crippen LogP contribution in [0.2, 0.25) is 0 Å². The molecular formula is C15H23O13P3+2. The summed E-state index contributed by atoms with van der Waals surface area (Å²) in [5, 5.41) is 27.4. The smallest absolute Gasteiger partial charge is 0.479 e. The monoisotopic (exact) mass is 504 g/mol. The maximum Gasteiger partial charge on any atom is 0.479 e. The summed E-state index contributed by atoms with van der Waals surface area (Å²) < 4.78 is 46.2. The number of rotatable bonds is 13. The fraction of sp³-hybridized carbons (Fsp3) is 0.800. The van der Waals surface area contributed by atoms with Crippen molar-refractivity contribution >= 4 is 40.9 Å². The molecule has 0 aromatic rings. The van der Waals surface area contributed by atoms with E-state index in [0.717, 1.165) is 0 Å². The van der Waals surface area contributed by atoms with Crippen LogP contribution in [0.15, 0.2) is 0 Å². The van der Waals surface area contributed by atoms with Crippen LogP contribution < -0.4 is 0 Å². The molecule has 174 valence electrons. The molecule has 6 aliphatic heterocycles. The van der Waals surface area contributed by atoms with Gasteiger partial charge in [0.2, 0.25) is 0 Å². The molecule has 0 saturated carbocycles. The van der Waals surface area contributed by atoms with Gasteiger partial charge in [0, 0.05) is 6.16 Å². The Morgan fingerprint density at radius 3 is 1.58 bits per heavy atom. The van der Waals surface area contributed by atoms with E-state index in [4.69, 9.17) is 32.2 Å². The molecular weight excluding hydrogens is 481 g/mol. The van der Waals surface area contributed by atoms with E-state index in [1.54, 1.807) is 0 Å². The second-order valence-corrected chi connectivity index (χ2v) is 16.6. The Morgan fingerprint density at radius 1 is 0.806 bits per heavy atom. The summed E-state index contributed by atoms with van der Waals surface area (Å²) in [6, 6.07) is 0. The fourth-order valence-corrected chi connectivity index (χ4v) is 14.4. The highest BCUT2D eigenvalue weighted by atomic mass is 31.3. The Balaban J connectivity index is 1.43. The summed E-state index contributed by atoms with van der Waals surface area (Å²) >= 11 is 0. The van der Waals surface area contributed by atoms with Gasteiger partial charge in [-0.1, -0.05) is 6.92 Å². The molecule has 0 aliphatic carbocycles. The number of carbonyl (C=O) groups is 3. The summed E-state index contributed by atoms with van der Waals surface area (Å²) in [4.78, 5) is 34.5. The number of hydrogen-bond donors (Lipinski definition) is 3. The molecule has 16 heteroatoms. The maximum absolute atomic E-state index is 13.4. The highest BCUT2D eigenvalue weighted by molar-refractivity contribution is 7.83. The van der Waals surface area contributed by atoms with E-state index in [9.17, 15) is 29.2 Å². The van der Waals surface area contributed by atoms with E-state index in [-0.39, 0.29) is 25.2 Å². The van der Waals surface area contributed by atoms with Gasteiger partial charge >= 0.3 is 52.1 Å². The SMILES string of the molecule is CC(CC(CC(CP(C)(=O)CC([P+]12OC(O1)O2)[P+]12OC(O1)O2)C(=O)O)C(=O)O)C(=O)O. The second kappa shape index (κ2) is 7.94. The molecule has 31 heavy (non-hydrogen) atoms. The Labute approximate surface area is 177 Å². The quantitative estimate of drug-likeness (QED) is 0.311. The average molecular weight is 504 g/mol. The lowest BCUT2D eigenvalue weighted by molar-refractivity contribution is -0.346. The third-order valence-corrected chi connectivity index (χ3v) is 14.9. The van der Waals surface area contributed by atoms with E-state index in [1.165, 1.54) is 13.6 Å². The molecule has 6 fully saturated rings. The van der Waals surface area contributed by atoms with Gasteiger partial charge in [0.25, 0.3) is 0 Å². The minimum Gasteiger partial charge on any atom is -0.481 e. The third kappa shape index (κ3) is 4.28. The number of carboxylic acids is 3. The largest absolute Gasteiger partial charge is 0.481 e. The zero-order valence-corrected chi connectivity index (χ0v) is 19.2. The standard InChI is InChI=1S/C15H21O13P3/c1-7(11(16)17)3-8(12(18)19)4-9(13(20)21)5-29(2,22)6-10(30-23-14(24-30)25-30)31-26-15(27-31)28-31/h7-10,14-15H,3-6H2,1-2H3,(H-2,16,17,18,19,20,21)/p+2. The Morgan fingerprint density at radius 2 is 1.26 bits per heavy atom. The van der Waals surface area contributed by atoms with Crippen LogP contribution in [0.3, 0.4) is 0 Å². The molecule has 0 radical (unpaired) electrons. The lowest BCUT2D eigenvalue weighted by Crippen LogP contribution is -2.59. The minimum absolute atomic E-state index is 0.0684. The van der Waals surface area contributed by atoms with Crippen molar-refractivity contribution in [1.29, 1.82) is 0 Å². The lowest BCUT2D eigenvalue weighted by atomic mass is 9.88. The predicted molar refractivity (Wildman–Crippen MR) is 103 cm³/mol. The molecule has 0 aromatic heterocycles. The van der Waals surface area contributed by atoms with Gasteiger partial charge in [-0.25, -0.2) is 0 Å². The molecule has 0 aromatic carbocycles. The third-order valence-electron chi connectivity index (χ3n) is 5.61. The Bertz CT molecular complexity index is 788. The normalized spacial score (nSPS) is 38.0. The van der Waals surface area contributed by atoms with E-state index in [1.807, 2.05) is 0 Å². The van der Waals surface area contributed by atoms with Crippen LogP contribution >= 0.6 is 23.0 Å². The number of carboxylic acid groups (broad SMARTS) is 3. The van der Waals surface area contributed by atoms with Crippen LogP contribution in [0.1, 0.15) is 19.8 Å². The minimum atomic E-state index is -3.22. The van der Waals surface area contributed by atoms with Crippen molar-refractivity contribution in [3.05, 3.63) is 0 Å². The van der Waals surface area contributed by atoms with E-state index < -0.39 is 77.0 Å². The highest BCUT2D eigenvalue weighted by Gasteiger charge is 2.97. The molecule has 6 rings (SSSR count). The predicted octanol–water partition coefficient (Wildman–Crippen LogP) is 2.45. The van der Waals surface area contributed by atoms with Gasteiger partial charge in [-0.15, -0.1) is 27.1 Å². The summed E-state index contributed by atoms with van der Waals surface area (Å²) in [6.07, 6.45) is -0.942. The van der Waals surface area contributed by atoms with Crippen LogP contribution in [-0.2, 0) is 46.1 Å². The van der Waals surface area contributed by atoms with Crippen molar-refractivity contribution in [2.75, 3.05) is 19.0 Å². The molecule has 6 heterocycles. The van der Waals surface area contributed by atoms with Crippen molar-refractivity contribution in [2.45, 2.75) is 38.1 Å². The first kappa shape index (κ1) is 23.4. The molecule has 6 saturated heterocycles. The molecule has 3 N–H and O–H groups in total.